The van der Waals surface area contributed by atoms with Crippen molar-refractivity contribution >= 4 is 5.95 Å². The standard InChI is InChI=1S/C13H24N4/c1-10(2)17-6-5-12(9-17)7-14-13-15-11(3)8-16(13)4/h8,10,12H,5-7,9H2,1-4H3,(H,14,15). The Hall–Kier alpha value is -1.03. The average molecular weight is 236 g/mol. The molecule has 1 aromatic heterocycles. The molecule has 2 rings (SSSR count). The molecule has 0 radical (unpaired) electrons. The number of likely N-dealkylation sites (tertiary alicyclic amines) is 1. The van der Waals surface area contributed by atoms with Gasteiger partial charge in [-0.15, -0.1) is 0 Å². The number of nitrogens with zero attached hydrogens (tertiary/aromatic N) is 3. The van der Waals surface area contributed by atoms with Crippen LogP contribution in [0.2, 0.25) is 0 Å². The average Bonchev–Trinajstić information content (AvgIpc) is 2.82. The highest BCUT2D eigenvalue weighted by molar-refractivity contribution is 5.28. The fraction of sp³-hybridized carbons (Fsp3) is 0.769. The van der Waals surface area contributed by atoms with E-state index in [1.165, 1.54) is 19.5 Å². The van der Waals surface area contributed by atoms with Crippen LogP contribution in [0.1, 0.15) is 26.0 Å². The van der Waals surface area contributed by atoms with Gasteiger partial charge in [-0.25, -0.2) is 4.98 Å². The van der Waals surface area contributed by atoms with Gasteiger partial charge in [0.25, 0.3) is 0 Å². The minimum Gasteiger partial charge on any atom is -0.355 e. The summed E-state index contributed by atoms with van der Waals surface area (Å²) in [6.07, 6.45) is 3.35. The van der Waals surface area contributed by atoms with Gasteiger partial charge in [0.1, 0.15) is 0 Å². The maximum absolute atomic E-state index is 4.46. The molecule has 0 aromatic carbocycles. The third-order valence-corrected chi connectivity index (χ3v) is 3.59. The van der Waals surface area contributed by atoms with Crippen molar-refractivity contribution in [1.29, 1.82) is 0 Å². The number of aromatic nitrogens is 2. The van der Waals surface area contributed by atoms with Gasteiger partial charge >= 0.3 is 0 Å². The molecule has 0 aliphatic carbocycles. The molecule has 0 saturated carbocycles. The summed E-state index contributed by atoms with van der Waals surface area (Å²) in [5.74, 6) is 1.75. The van der Waals surface area contributed by atoms with Crippen molar-refractivity contribution in [2.24, 2.45) is 13.0 Å². The number of aryl methyl sites for hydroxylation is 2. The van der Waals surface area contributed by atoms with Crippen LogP contribution in [0.3, 0.4) is 0 Å². The molecule has 1 aliphatic rings. The summed E-state index contributed by atoms with van der Waals surface area (Å²) < 4.78 is 2.06. The van der Waals surface area contributed by atoms with Crippen LogP contribution in [0.25, 0.3) is 0 Å². The molecule has 1 unspecified atom stereocenters. The lowest BCUT2D eigenvalue weighted by Crippen LogP contribution is -2.29. The second kappa shape index (κ2) is 5.08. The molecular formula is C13H24N4. The molecule has 0 amide bonds. The summed E-state index contributed by atoms with van der Waals surface area (Å²) in [5.41, 5.74) is 1.07. The zero-order chi connectivity index (χ0) is 12.4. The number of hydrogen-bond acceptors (Lipinski definition) is 3. The predicted molar refractivity (Wildman–Crippen MR) is 71.3 cm³/mol. The quantitative estimate of drug-likeness (QED) is 0.866. The molecule has 1 aromatic rings. The Labute approximate surface area is 104 Å². The monoisotopic (exact) mass is 236 g/mol. The third-order valence-electron chi connectivity index (χ3n) is 3.59. The molecule has 0 spiro atoms. The first-order valence-corrected chi connectivity index (χ1v) is 6.54. The lowest BCUT2D eigenvalue weighted by Gasteiger charge is -2.20. The summed E-state index contributed by atoms with van der Waals surface area (Å²) in [6.45, 7) is 10.1. The fourth-order valence-corrected chi connectivity index (χ4v) is 2.51. The van der Waals surface area contributed by atoms with Gasteiger partial charge in [0.15, 0.2) is 0 Å². The van der Waals surface area contributed by atoms with Gasteiger partial charge in [0, 0.05) is 32.4 Å². The van der Waals surface area contributed by atoms with Crippen LogP contribution in [-0.2, 0) is 7.05 Å². The van der Waals surface area contributed by atoms with Crippen molar-refractivity contribution < 1.29 is 0 Å². The Balaban J connectivity index is 1.82. The lowest BCUT2D eigenvalue weighted by atomic mass is 10.1. The highest BCUT2D eigenvalue weighted by atomic mass is 15.2. The zero-order valence-electron chi connectivity index (χ0n) is 11.4. The van der Waals surface area contributed by atoms with E-state index in [1.54, 1.807) is 0 Å². The first-order chi connectivity index (χ1) is 8.06. The van der Waals surface area contributed by atoms with Crippen molar-refractivity contribution in [2.45, 2.75) is 33.2 Å². The third kappa shape index (κ3) is 3.00. The highest BCUT2D eigenvalue weighted by Gasteiger charge is 2.24. The predicted octanol–water partition coefficient (Wildman–Crippen LogP) is 1.87. The molecule has 17 heavy (non-hydrogen) atoms. The van der Waals surface area contributed by atoms with Crippen molar-refractivity contribution in [2.75, 3.05) is 25.0 Å². The Morgan fingerprint density at radius 2 is 2.29 bits per heavy atom. The van der Waals surface area contributed by atoms with Gasteiger partial charge in [-0.2, -0.15) is 0 Å². The highest BCUT2D eigenvalue weighted by Crippen LogP contribution is 2.19. The van der Waals surface area contributed by atoms with Crippen molar-refractivity contribution in [3.63, 3.8) is 0 Å². The van der Waals surface area contributed by atoms with Gasteiger partial charge < -0.3 is 14.8 Å². The molecule has 4 nitrogen and oxygen atoms in total. The van der Waals surface area contributed by atoms with Gasteiger partial charge in [-0.3, -0.25) is 0 Å². The molecule has 0 bridgehead atoms. The molecule has 4 heteroatoms. The first kappa shape index (κ1) is 12.4. The van der Waals surface area contributed by atoms with Crippen molar-refractivity contribution in [3.8, 4) is 0 Å². The summed E-state index contributed by atoms with van der Waals surface area (Å²) >= 11 is 0. The lowest BCUT2D eigenvalue weighted by molar-refractivity contribution is 0.266. The summed E-state index contributed by atoms with van der Waals surface area (Å²) in [5, 5.41) is 3.46. The summed E-state index contributed by atoms with van der Waals surface area (Å²) in [7, 11) is 2.04. The number of imidazole rings is 1. The Morgan fingerprint density at radius 1 is 1.53 bits per heavy atom. The van der Waals surface area contributed by atoms with Crippen LogP contribution in [-0.4, -0.2) is 40.1 Å². The van der Waals surface area contributed by atoms with E-state index in [2.05, 4.69) is 39.8 Å². The molecule has 96 valence electrons. The topological polar surface area (TPSA) is 33.1 Å². The van der Waals surface area contributed by atoms with Crippen LogP contribution in [0.4, 0.5) is 5.95 Å². The van der Waals surface area contributed by atoms with Crippen LogP contribution in [0, 0.1) is 12.8 Å². The van der Waals surface area contributed by atoms with E-state index >= 15 is 0 Å². The largest absolute Gasteiger partial charge is 0.355 e. The van der Waals surface area contributed by atoms with Crippen molar-refractivity contribution in [1.82, 2.24) is 14.5 Å². The number of anilines is 1. The van der Waals surface area contributed by atoms with E-state index in [4.69, 9.17) is 0 Å². The van der Waals surface area contributed by atoms with Crippen LogP contribution >= 0.6 is 0 Å². The molecule has 1 saturated heterocycles. The van der Waals surface area contributed by atoms with E-state index in [1.807, 2.05) is 14.0 Å². The summed E-state index contributed by atoms with van der Waals surface area (Å²) in [4.78, 5) is 7.02. The minimum atomic E-state index is 0.676. The Morgan fingerprint density at radius 3 is 2.82 bits per heavy atom. The van der Waals surface area contributed by atoms with Crippen molar-refractivity contribution in [3.05, 3.63) is 11.9 Å². The van der Waals surface area contributed by atoms with E-state index < -0.39 is 0 Å². The van der Waals surface area contributed by atoms with E-state index in [0.717, 1.165) is 24.1 Å². The number of rotatable bonds is 4. The zero-order valence-corrected chi connectivity index (χ0v) is 11.4. The molecule has 1 fully saturated rings. The van der Waals surface area contributed by atoms with Gasteiger partial charge in [-0.05, 0) is 39.7 Å². The van der Waals surface area contributed by atoms with E-state index in [-0.39, 0.29) is 0 Å². The van der Waals surface area contributed by atoms with Crippen LogP contribution in [0.15, 0.2) is 6.20 Å². The minimum absolute atomic E-state index is 0.676. The SMILES string of the molecule is Cc1cn(C)c(NCC2CCN(C(C)C)C2)n1. The summed E-state index contributed by atoms with van der Waals surface area (Å²) in [6, 6.07) is 0.676. The van der Waals surface area contributed by atoms with Gasteiger partial charge in [0.2, 0.25) is 5.95 Å². The van der Waals surface area contributed by atoms with Gasteiger partial charge in [0.05, 0.1) is 5.69 Å². The molecule has 1 atom stereocenters. The molecule has 1 N–H and O–H groups in total. The van der Waals surface area contributed by atoms with E-state index in [9.17, 15) is 0 Å². The van der Waals surface area contributed by atoms with Gasteiger partial charge in [-0.1, -0.05) is 0 Å². The second-order valence-electron chi connectivity index (χ2n) is 5.44. The molecule has 2 heterocycles. The number of nitrogens with one attached hydrogen (secondary N) is 1. The Kier molecular flexibility index (Phi) is 3.72. The van der Waals surface area contributed by atoms with E-state index in [0.29, 0.717) is 6.04 Å². The normalized spacial score (nSPS) is 21.4. The molecule has 1 aliphatic heterocycles. The molecular weight excluding hydrogens is 212 g/mol. The fourth-order valence-electron chi connectivity index (χ4n) is 2.51. The maximum atomic E-state index is 4.46. The van der Waals surface area contributed by atoms with Crippen LogP contribution < -0.4 is 5.32 Å². The van der Waals surface area contributed by atoms with Crippen LogP contribution in [0.5, 0.6) is 0 Å². The second-order valence-corrected chi connectivity index (χ2v) is 5.44. The Bertz CT molecular complexity index is 369. The number of hydrogen-bond donors (Lipinski definition) is 1. The first-order valence-electron chi connectivity index (χ1n) is 6.54. The smallest absolute Gasteiger partial charge is 0.202 e. The maximum Gasteiger partial charge on any atom is 0.202 e.